The van der Waals surface area contributed by atoms with Crippen molar-refractivity contribution in [3.05, 3.63) is 47.9 Å². The summed E-state index contributed by atoms with van der Waals surface area (Å²) in [6.07, 6.45) is 2.63. The first-order valence-corrected chi connectivity index (χ1v) is 10.3. The summed E-state index contributed by atoms with van der Waals surface area (Å²) in [4.78, 5) is 31.6. The number of ether oxygens (including phenoxy) is 2. The number of aromatic nitrogens is 1. The molecule has 2 heterocycles. The Labute approximate surface area is 189 Å². The molecule has 1 fully saturated rings. The molecule has 0 unspecified atom stereocenters. The van der Waals surface area contributed by atoms with Gasteiger partial charge in [0, 0.05) is 19.1 Å². The van der Waals surface area contributed by atoms with Crippen LogP contribution in [0.4, 0.5) is 9.18 Å². The summed E-state index contributed by atoms with van der Waals surface area (Å²) in [5, 5.41) is 3.16. The Morgan fingerprint density at radius 3 is 2.59 bits per heavy atom. The molecule has 2 rings (SSSR count). The molecule has 1 aromatic heterocycles. The molecule has 1 amide bonds. The number of carbonyl (C=O) groups is 2. The van der Waals surface area contributed by atoms with Crippen molar-refractivity contribution in [3.63, 3.8) is 0 Å². The zero-order valence-corrected chi connectivity index (χ0v) is 19.5. The highest BCUT2D eigenvalue weighted by Crippen LogP contribution is 2.21. The molecule has 0 bridgehead atoms. The molecule has 0 saturated carbocycles. The standard InChI is InChI=1S/C13H13FN2O2.C10H20N2O2/c1-4-9(13(15-3)18-5-2)11-7-6-10(14)12(8-17)16-11;1-10(2,3)14-9(13)12-6-5-8(7-12)11-4/h4,6-8H,1,3,5H2,2H3;8,11H,5-7H2,1-4H3/b13-9-;/t;8-/m.1/s1. The first kappa shape index (κ1) is 27.0. The van der Waals surface area contributed by atoms with E-state index in [9.17, 15) is 14.0 Å². The maximum absolute atomic E-state index is 13.2. The second-order valence-electron chi connectivity index (χ2n) is 7.90. The van der Waals surface area contributed by atoms with E-state index in [0.717, 1.165) is 25.6 Å². The van der Waals surface area contributed by atoms with Gasteiger partial charge >= 0.3 is 6.09 Å². The second kappa shape index (κ2) is 12.7. The van der Waals surface area contributed by atoms with E-state index in [4.69, 9.17) is 9.47 Å². The van der Waals surface area contributed by atoms with Crippen LogP contribution < -0.4 is 5.32 Å². The lowest BCUT2D eigenvalue weighted by atomic mass is 10.1. The Kier molecular flexibility index (Phi) is 10.7. The summed E-state index contributed by atoms with van der Waals surface area (Å²) < 4.78 is 23.7. The first-order valence-electron chi connectivity index (χ1n) is 10.3. The van der Waals surface area contributed by atoms with Crippen molar-refractivity contribution in [2.24, 2.45) is 4.99 Å². The van der Waals surface area contributed by atoms with Gasteiger partial charge in [-0.05, 0) is 60.0 Å². The lowest BCUT2D eigenvalue weighted by molar-refractivity contribution is 0.0291. The molecule has 0 radical (unpaired) electrons. The van der Waals surface area contributed by atoms with Crippen LogP contribution in [-0.2, 0) is 9.47 Å². The molecule has 1 atom stereocenters. The minimum absolute atomic E-state index is 0.199. The van der Waals surface area contributed by atoms with E-state index in [0.29, 0.717) is 30.2 Å². The summed E-state index contributed by atoms with van der Waals surface area (Å²) in [5.74, 6) is -0.440. The lowest BCUT2D eigenvalue weighted by Gasteiger charge is -2.24. The van der Waals surface area contributed by atoms with Gasteiger partial charge in [0.2, 0.25) is 5.88 Å². The average molecular weight is 449 g/mol. The number of amides is 1. The van der Waals surface area contributed by atoms with E-state index in [1.807, 2.05) is 27.8 Å². The molecular weight excluding hydrogens is 415 g/mol. The van der Waals surface area contributed by atoms with Crippen LogP contribution in [0.5, 0.6) is 0 Å². The number of rotatable bonds is 7. The van der Waals surface area contributed by atoms with Gasteiger partial charge in [0.15, 0.2) is 12.1 Å². The van der Waals surface area contributed by atoms with Crippen LogP contribution in [0.15, 0.2) is 35.7 Å². The highest BCUT2D eigenvalue weighted by atomic mass is 19.1. The number of pyridine rings is 1. The smallest absolute Gasteiger partial charge is 0.410 e. The average Bonchev–Trinajstić information content (AvgIpc) is 3.23. The Morgan fingerprint density at radius 1 is 1.44 bits per heavy atom. The van der Waals surface area contributed by atoms with Crippen molar-refractivity contribution < 1.29 is 23.5 Å². The van der Waals surface area contributed by atoms with Gasteiger partial charge in [-0.15, -0.1) is 0 Å². The van der Waals surface area contributed by atoms with Crippen molar-refractivity contribution in [2.75, 3.05) is 26.7 Å². The van der Waals surface area contributed by atoms with E-state index < -0.39 is 11.4 Å². The van der Waals surface area contributed by atoms with E-state index in [2.05, 4.69) is 28.6 Å². The highest BCUT2D eigenvalue weighted by molar-refractivity contribution is 5.77. The molecular formula is C23H33FN4O4. The fourth-order valence-corrected chi connectivity index (χ4v) is 2.83. The maximum atomic E-state index is 13.2. The van der Waals surface area contributed by atoms with Crippen molar-refractivity contribution in [3.8, 4) is 0 Å². The summed E-state index contributed by atoms with van der Waals surface area (Å²) >= 11 is 0. The van der Waals surface area contributed by atoms with Crippen LogP contribution in [0.25, 0.3) is 5.57 Å². The van der Waals surface area contributed by atoms with Crippen molar-refractivity contribution >= 4 is 24.7 Å². The number of nitrogens with one attached hydrogen (secondary N) is 1. The van der Waals surface area contributed by atoms with Gasteiger partial charge in [0.25, 0.3) is 0 Å². The molecule has 1 N–H and O–H groups in total. The lowest BCUT2D eigenvalue weighted by Crippen LogP contribution is -2.37. The summed E-state index contributed by atoms with van der Waals surface area (Å²) in [6, 6.07) is 2.99. The molecule has 1 aliphatic rings. The molecule has 8 nitrogen and oxygen atoms in total. The van der Waals surface area contributed by atoms with Crippen LogP contribution in [-0.4, -0.2) is 67.4 Å². The zero-order chi connectivity index (χ0) is 24.3. The predicted molar refractivity (Wildman–Crippen MR) is 123 cm³/mol. The Balaban J connectivity index is 0.000000330. The zero-order valence-electron chi connectivity index (χ0n) is 19.5. The molecule has 1 saturated heterocycles. The largest absolute Gasteiger partial charge is 0.477 e. The number of hydrogen-bond acceptors (Lipinski definition) is 7. The third-order valence-corrected chi connectivity index (χ3v) is 4.37. The van der Waals surface area contributed by atoms with E-state index >= 15 is 0 Å². The van der Waals surface area contributed by atoms with Crippen LogP contribution in [0.2, 0.25) is 0 Å². The van der Waals surface area contributed by atoms with E-state index in [-0.39, 0.29) is 17.7 Å². The molecule has 0 aromatic carbocycles. The molecule has 176 valence electrons. The minimum Gasteiger partial charge on any atom is -0.477 e. The third kappa shape index (κ3) is 8.22. The van der Waals surface area contributed by atoms with Gasteiger partial charge in [-0.25, -0.2) is 19.2 Å². The molecule has 9 heteroatoms. The minimum atomic E-state index is -0.679. The number of hydrogen-bond donors (Lipinski definition) is 1. The number of likely N-dealkylation sites (N-methyl/N-ethyl adjacent to an activating group) is 1. The highest BCUT2D eigenvalue weighted by Gasteiger charge is 2.28. The summed E-state index contributed by atoms with van der Waals surface area (Å²) in [5.41, 5.74) is 0.139. The van der Waals surface area contributed by atoms with Crippen LogP contribution >= 0.6 is 0 Å². The third-order valence-electron chi connectivity index (χ3n) is 4.37. The van der Waals surface area contributed by atoms with Crippen LogP contribution in [0.3, 0.4) is 0 Å². The second-order valence-corrected chi connectivity index (χ2v) is 7.90. The maximum Gasteiger partial charge on any atom is 0.410 e. The Hall–Kier alpha value is -3.07. The van der Waals surface area contributed by atoms with Crippen molar-refractivity contribution in [1.29, 1.82) is 0 Å². The van der Waals surface area contributed by atoms with E-state index in [1.54, 1.807) is 11.8 Å². The fourth-order valence-electron chi connectivity index (χ4n) is 2.83. The number of likely N-dealkylation sites (tertiary alicyclic amines) is 1. The van der Waals surface area contributed by atoms with Gasteiger partial charge in [0.05, 0.1) is 17.9 Å². The first-order chi connectivity index (χ1) is 15.1. The van der Waals surface area contributed by atoms with Crippen molar-refractivity contribution in [1.82, 2.24) is 15.2 Å². The Morgan fingerprint density at radius 2 is 2.12 bits per heavy atom. The molecule has 0 spiro atoms. The van der Waals surface area contributed by atoms with Gasteiger partial charge in [-0.2, -0.15) is 0 Å². The monoisotopic (exact) mass is 448 g/mol. The van der Waals surface area contributed by atoms with E-state index in [1.165, 1.54) is 12.1 Å². The molecule has 1 aromatic rings. The topological polar surface area (TPSA) is 93.1 Å². The number of aldehydes is 1. The summed E-state index contributed by atoms with van der Waals surface area (Å²) in [6.45, 7) is 16.4. The predicted octanol–water partition coefficient (Wildman–Crippen LogP) is 3.84. The normalized spacial score (nSPS) is 16.3. The SMILES string of the molecule is C=C/C(=C(\N=C)OCC)c1ccc(F)c(C=O)n1.CN[C@@H]1CCN(C(=O)OC(C)(C)C)C1. The van der Waals surface area contributed by atoms with Gasteiger partial charge < -0.3 is 19.7 Å². The van der Waals surface area contributed by atoms with Gasteiger partial charge in [-0.3, -0.25) is 4.79 Å². The fraction of sp³-hybridized carbons (Fsp3) is 0.478. The Bertz CT molecular complexity index is 849. The molecule has 0 aliphatic carbocycles. The summed E-state index contributed by atoms with van der Waals surface area (Å²) in [7, 11) is 1.92. The van der Waals surface area contributed by atoms with Crippen molar-refractivity contribution in [2.45, 2.75) is 45.8 Å². The number of nitrogens with zero attached hydrogens (tertiary/aromatic N) is 3. The molecule has 1 aliphatic heterocycles. The molecule has 32 heavy (non-hydrogen) atoms. The quantitative estimate of drug-likeness (QED) is 0.295. The number of carbonyl (C=O) groups excluding carboxylic acids is 2. The van der Waals surface area contributed by atoms with Crippen LogP contribution in [0.1, 0.15) is 50.3 Å². The number of allylic oxidation sites excluding steroid dienone is 2. The number of halogens is 1. The van der Waals surface area contributed by atoms with Crippen LogP contribution in [0, 0.1) is 5.82 Å². The van der Waals surface area contributed by atoms with Gasteiger partial charge in [-0.1, -0.05) is 12.7 Å². The number of aliphatic imine (C=N–C) groups is 1. The van der Waals surface area contributed by atoms with Gasteiger partial charge in [0.1, 0.15) is 11.3 Å².